The molecule has 0 aromatic heterocycles. The molecular weight excluding hydrogens is 178 g/mol. The molecule has 0 aromatic rings. The van der Waals surface area contributed by atoms with Crippen molar-refractivity contribution in [3.63, 3.8) is 0 Å². The zero-order valence-electron chi connectivity index (χ0n) is 6.49. The first-order valence-electron chi connectivity index (χ1n) is 4.02. The Labute approximate surface area is 76.0 Å². The third-order valence-corrected chi connectivity index (χ3v) is 5.07. The third-order valence-electron chi connectivity index (χ3n) is 1.95. The first kappa shape index (κ1) is 8.23. The Kier molecular flexibility index (Phi) is 3.01. The number of rotatable bonds is 1. The van der Waals surface area contributed by atoms with Gasteiger partial charge in [-0.3, -0.25) is 4.90 Å². The quantitative estimate of drug-likeness (QED) is 0.614. The van der Waals surface area contributed by atoms with Crippen LogP contribution in [0.15, 0.2) is 0 Å². The van der Waals surface area contributed by atoms with Gasteiger partial charge in [-0.05, 0) is 0 Å². The van der Waals surface area contributed by atoms with Crippen molar-refractivity contribution in [2.24, 2.45) is 0 Å². The van der Waals surface area contributed by atoms with Crippen molar-refractivity contribution >= 4 is 23.5 Å². The molecule has 2 nitrogen and oxygen atoms in total. The Morgan fingerprint density at radius 2 is 1.73 bits per heavy atom. The van der Waals surface area contributed by atoms with Gasteiger partial charge in [0.25, 0.3) is 0 Å². The maximum absolute atomic E-state index is 5.30. The molecule has 64 valence electrons. The van der Waals surface area contributed by atoms with Gasteiger partial charge in [0.05, 0.1) is 13.2 Å². The monoisotopic (exact) mass is 191 g/mol. The van der Waals surface area contributed by atoms with Gasteiger partial charge in [0, 0.05) is 24.6 Å². The molecule has 0 spiro atoms. The van der Waals surface area contributed by atoms with Crippen LogP contribution < -0.4 is 0 Å². The highest BCUT2D eigenvalue weighted by Crippen LogP contribution is 2.34. The Morgan fingerprint density at radius 3 is 2.36 bits per heavy atom. The average Bonchev–Trinajstić information content (AvgIpc) is 2.58. The van der Waals surface area contributed by atoms with Gasteiger partial charge in [-0.2, -0.15) is 0 Å². The van der Waals surface area contributed by atoms with Crippen LogP contribution in [0.4, 0.5) is 0 Å². The highest BCUT2D eigenvalue weighted by molar-refractivity contribution is 8.20. The van der Waals surface area contributed by atoms with Crippen LogP contribution in [0.3, 0.4) is 0 Å². The molecule has 0 saturated carbocycles. The number of hydrogen-bond donors (Lipinski definition) is 0. The summed E-state index contributed by atoms with van der Waals surface area (Å²) in [7, 11) is 0. The molecule has 2 rings (SSSR count). The molecule has 0 aromatic carbocycles. The predicted octanol–water partition coefficient (Wildman–Crippen LogP) is 1.08. The number of hydrogen-bond acceptors (Lipinski definition) is 4. The SMILES string of the molecule is C1CN(C2SCCS2)CCO1. The molecule has 0 aliphatic carbocycles. The lowest BCUT2D eigenvalue weighted by atomic mass is 10.5. The van der Waals surface area contributed by atoms with Crippen LogP contribution in [0.1, 0.15) is 0 Å². The van der Waals surface area contributed by atoms with Gasteiger partial charge in [-0.25, -0.2) is 0 Å². The van der Waals surface area contributed by atoms with Crippen LogP contribution in [-0.2, 0) is 4.74 Å². The Bertz CT molecular complexity index is 122. The van der Waals surface area contributed by atoms with Gasteiger partial charge in [0.15, 0.2) is 0 Å². The summed E-state index contributed by atoms with van der Waals surface area (Å²) in [4.78, 5) is 2.53. The van der Waals surface area contributed by atoms with E-state index in [1.54, 1.807) is 0 Å². The summed E-state index contributed by atoms with van der Waals surface area (Å²) in [6.07, 6.45) is 0. The van der Waals surface area contributed by atoms with Gasteiger partial charge < -0.3 is 4.74 Å². The van der Waals surface area contributed by atoms with Crippen LogP contribution in [0, 0.1) is 0 Å². The maximum atomic E-state index is 5.30. The van der Waals surface area contributed by atoms with Gasteiger partial charge in [-0.15, -0.1) is 23.5 Å². The van der Waals surface area contributed by atoms with Crippen LogP contribution in [0.5, 0.6) is 0 Å². The van der Waals surface area contributed by atoms with E-state index in [4.69, 9.17) is 4.74 Å². The van der Waals surface area contributed by atoms with Crippen molar-refractivity contribution in [3.8, 4) is 0 Å². The number of thioether (sulfide) groups is 2. The molecule has 2 aliphatic heterocycles. The van der Waals surface area contributed by atoms with Crippen molar-refractivity contribution in [1.29, 1.82) is 0 Å². The summed E-state index contributed by atoms with van der Waals surface area (Å²) >= 11 is 4.16. The molecule has 4 heteroatoms. The molecular formula is C7H13NOS2. The lowest BCUT2D eigenvalue weighted by Crippen LogP contribution is -2.39. The minimum atomic E-state index is 0.735. The molecule has 0 atom stereocenters. The summed E-state index contributed by atoms with van der Waals surface area (Å²) in [5.41, 5.74) is 0. The first-order chi connectivity index (χ1) is 5.47. The van der Waals surface area contributed by atoms with Crippen LogP contribution in [0.25, 0.3) is 0 Å². The van der Waals surface area contributed by atoms with Gasteiger partial charge in [0.1, 0.15) is 4.71 Å². The highest BCUT2D eigenvalue weighted by atomic mass is 32.2. The number of morpholine rings is 1. The van der Waals surface area contributed by atoms with Crippen LogP contribution in [0.2, 0.25) is 0 Å². The zero-order valence-corrected chi connectivity index (χ0v) is 8.12. The van der Waals surface area contributed by atoms with Crippen LogP contribution >= 0.6 is 23.5 Å². The summed E-state index contributed by atoms with van der Waals surface area (Å²) in [6, 6.07) is 0. The normalized spacial score (nSPS) is 29.5. The summed E-state index contributed by atoms with van der Waals surface area (Å²) < 4.78 is 6.03. The molecule has 2 fully saturated rings. The van der Waals surface area contributed by atoms with Crippen molar-refractivity contribution in [1.82, 2.24) is 4.90 Å². The summed E-state index contributed by atoms with van der Waals surface area (Å²) in [5.74, 6) is 2.65. The van der Waals surface area contributed by atoms with E-state index in [1.807, 2.05) is 0 Å². The Balaban J connectivity index is 1.82. The molecule has 0 N–H and O–H groups in total. The Morgan fingerprint density at radius 1 is 1.09 bits per heavy atom. The lowest BCUT2D eigenvalue weighted by Gasteiger charge is -2.30. The molecule has 2 aliphatic rings. The van der Waals surface area contributed by atoms with E-state index in [1.165, 1.54) is 11.5 Å². The fourth-order valence-corrected chi connectivity index (χ4v) is 4.32. The number of nitrogens with zero attached hydrogens (tertiary/aromatic N) is 1. The van der Waals surface area contributed by atoms with E-state index in [-0.39, 0.29) is 0 Å². The maximum Gasteiger partial charge on any atom is 0.103 e. The second-order valence-electron chi connectivity index (χ2n) is 2.70. The van der Waals surface area contributed by atoms with E-state index in [0.29, 0.717) is 0 Å². The lowest BCUT2D eigenvalue weighted by molar-refractivity contribution is 0.0436. The topological polar surface area (TPSA) is 12.5 Å². The number of ether oxygens (including phenoxy) is 1. The van der Waals surface area contributed by atoms with Gasteiger partial charge in [-0.1, -0.05) is 0 Å². The standard InChI is InChI=1S/C7H13NOS2/c1-3-9-4-2-8(1)7-10-5-6-11-7/h7H,1-6H2. The van der Waals surface area contributed by atoms with Crippen molar-refractivity contribution in [2.75, 3.05) is 37.8 Å². The van der Waals surface area contributed by atoms with Crippen molar-refractivity contribution < 1.29 is 4.74 Å². The summed E-state index contributed by atoms with van der Waals surface area (Å²) in [6.45, 7) is 4.12. The fourth-order valence-electron chi connectivity index (χ4n) is 1.35. The second-order valence-corrected chi connectivity index (χ2v) is 5.37. The third kappa shape index (κ3) is 2.05. The second kappa shape index (κ2) is 4.03. The van der Waals surface area contributed by atoms with E-state index in [9.17, 15) is 0 Å². The first-order valence-corrected chi connectivity index (χ1v) is 6.11. The molecule has 0 radical (unpaired) electrons. The summed E-state index contributed by atoms with van der Waals surface area (Å²) in [5, 5.41) is 0. The van der Waals surface area contributed by atoms with Crippen molar-refractivity contribution in [2.45, 2.75) is 4.71 Å². The van der Waals surface area contributed by atoms with E-state index in [2.05, 4.69) is 28.4 Å². The van der Waals surface area contributed by atoms with Crippen LogP contribution in [-0.4, -0.2) is 47.4 Å². The molecule has 2 saturated heterocycles. The van der Waals surface area contributed by atoms with Crippen molar-refractivity contribution in [3.05, 3.63) is 0 Å². The Hall–Kier alpha value is 0.620. The molecule has 0 amide bonds. The predicted molar refractivity (Wildman–Crippen MR) is 51.1 cm³/mol. The fraction of sp³-hybridized carbons (Fsp3) is 1.00. The smallest absolute Gasteiger partial charge is 0.103 e. The zero-order chi connectivity index (χ0) is 7.52. The molecule has 2 heterocycles. The molecule has 0 unspecified atom stereocenters. The minimum Gasteiger partial charge on any atom is -0.379 e. The van der Waals surface area contributed by atoms with E-state index in [0.717, 1.165) is 31.0 Å². The highest BCUT2D eigenvalue weighted by Gasteiger charge is 2.24. The van der Waals surface area contributed by atoms with Gasteiger partial charge in [0.2, 0.25) is 0 Å². The van der Waals surface area contributed by atoms with E-state index >= 15 is 0 Å². The van der Waals surface area contributed by atoms with Gasteiger partial charge >= 0.3 is 0 Å². The molecule has 0 bridgehead atoms. The average molecular weight is 191 g/mol. The minimum absolute atomic E-state index is 0.735. The molecule has 11 heavy (non-hydrogen) atoms. The van der Waals surface area contributed by atoms with E-state index < -0.39 is 0 Å². The largest absolute Gasteiger partial charge is 0.379 e.